The highest BCUT2D eigenvalue weighted by Crippen LogP contribution is 2.48. The number of hydrogen-bond acceptors (Lipinski definition) is 4. The number of nitrogens with zero attached hydrogens (tertiary/aromatic N) is 1. The summed E-state index contributed by atoms with van der Waals surface area (Å²) in [5, 5.41) is 16.2. The van der Waals surface area contributed by atoms with Crippen LogP contribution in [0.2, 0.25) is 0 Å². The molecule has 2 rings (SSSR count). The highest BCUT2D eigenvalue weighted by molar-refractivity contribution is 7.99. The predicted octanol–water partition coefficient (Wildman–Crippen LogP) is 1.78. The van der Waals surface area contributed by atoms with Crippen molar-refractivity contribution in [1.82, 2.24) is 5.32 Å². The molecule has 0 saturated heterocycles. The molecule has 0 aromatic carbocycles. The summed E-state index contributed by atoms with van der Waals surface area (Å²) < 4.78 is 0. The number of hydrogen-bond donors (Lipinski definition) is 3. The van der Waals surface area contributed by atoms with Crippen LogP contribution in [0, 0.1) is 5.41 Å². The highest BCUT2D eigenvalue weighted by atomic mass is 32.2. The molecule has 0 aromatic heterocycles. The van der Waals surface area contributed by atoms with E-state index in [-0.39, 0.29) is 5.41 Å². The van der Waals surface area contributed by atoms with Crippen molar-refractivity contribution < 1.29 is 5.21 Å². The fraction of sp³-hybridized carbons (Fsp3) is 0.917. The molecule has 2 atom stereocenters. The van der Waals surface area contributed by atoms with Crippen molar-refractivity contribution in [1.29, 1.82) is 0 Å². The van der Waals surface area contributed by atoms with Gasteiger partial charge in [-0.25, -0.2) is 0 Å². The van der Waals surface area contributed by atoms with E-state index in [4.69, 9.17) is 10.9 Å². The number of nitrogens with two attached hydrogens (primary N) is 1. The van der Waals surface area contributed by atoms with Crippen LogP contribution >= 0.6 is 11.8 Å². The minimum atomic E-state index is 0.285. The second kappa shape index (κ2) is 5.48. The first kappa shape index (κ1) is 13.0. The van der Waals surface area contributed by atoms with Crippen molar-refractivity contribution >= 4 is 17.6 Å². The van der Waals surface area contributed by atoms with Gasteiger partial charge < -0.3 is 16.3 Å². The van der Waals surface area contributed by atoms with Gasteiger partial charge in [0, 0.05) is 24.3 Å². The zero-order valence-electron chi connectivity index (χ0n) is 10.5. The molecule has 2 saturated carbocycles. The van der Waals surface area contributed by atoms with Crippen LogP contribution in [0.3, 0.4) is 0 Å². The standard InChI is InChI=1S/C12H23N3OS/c1-17-10-3-2-9(6-10)14-8-12(4-5-12)7-11(13)15-16/h9-10,14,16H,2-8H2,1H3,(H2,13,15). The first-order valence-electron chi connectivity index (χ1n) is 6.40. The molecule has 2 aliphatic carbocycles. The largest absolute Gasteiger partial charge is 0.409 e. The summed E-state index contributed by atoms with van der Waals surface area (Å²) in [6.07, 6.45) is 9.27. The van der Waals surface area contributed by atoms with Gasteiger partial charge in [0.1, 0.15) is 5.84 Å². The zero-order valence-corrected chi connectivity index (χ0v) is 11.3. The Hall–Kier alpha value is -0.420. The lowest BCUT2D eigenvalue weighted by atomic mass is 10.0. The molecule has 0 radical (unpaired) electrons. The smallest absolute Gasteiger partial charge is 0.139 e. The fourth-order valence-corrected chi connectivity index (χ4v) is 3.51. The number of rotatable bonds is 6. The van der Waals surface area contributed by atoms with E-state index in [0.29, 0.717) is 11.9 Å². The van der Waals surface area contributed by atoms with Gasteiger partial charge in [-0.05, 0) is 43.8 Å². The molecule has 4 N–H and O–H groups in total. The van der Waals surface area contributed by atoms with Crippen LogP contribution in [0.25, 0.3) is 0 Å². The van der Waals surface area contributed by atoms with Crippen LogP contribution in [-0.2, 0) is 0 Å². The Kier molecular flexibility index (Phi) is 4.20. The first-order chi connectivity index (χ1) is 8.17. The molecular formula is C12H23N3OS. The summed E-state index contributed by atoms with van der Waals surface area (Å²) in [4.78, 5) is 0. The predicted molar refractivity (Wildman–Crippen MR) is 72.6 cm³/mol. The van der Waals surface area contributed by atoms with E-state index < -0.39 is 0 Å². The molecule has 0 spiro atoms. The van der Waals surface area contributed by atoms with Gasteiger partial charge in [-0.15, -0.1) is 0 Å². The Morgan fingerprint density at radius 2 is 2.29 bits per heavy atom. The van der Waals surface area contributed by atoms with Gasteiger partial charge in [0.2, 0.25) is 0 Å². The van der Waals surface area contributed by atoms with Crippen LogP contribution < -0.4 is 11.1 Å². The maximum absolute atomic E-state index is 8.61. The van der Waals surface area contributed by atoms with Gasteiger partial charge in [-0.2, -0.15) is 11.8 Å². The molecule has 0 amide bonds. The second-order valence-corrected chi connectivity index (χ2v) is 6.65. The first-order valence-corrected chi connectivity index (χ1v) is 7.69. The second-order valence-electron chi connectivity index (χ2n) is 5.52. The van der Waals surface area contributed by atoms with E-state index in [1.165, 1.54) is 32.1 Å². The Labute approximate surface area is 107 Å². The molecule has 0 aromatic rings. The van der Waals surface area contributed by atoms with E-state index in [2.05, 4.69) is 16.7 Å². The quantitative estimate of drug-likeness (QED) is 0.293. The average molecular weight is 257 g/mol. The van der Waals surface area contributed by atoms with Crippen molar-refractivity contribution in [3.05, 3.63) is 0 Å². The van der Waals surface area contributed by atoms with Crippen LogP contribution in [0.15, 0.2) is 5.16 Å². The minimum Gasteiger partial charge on any atom is -0.409 e. The Morgan fingerprint density at radius 1 is 1.53 bits per heavy atom. The average Bonchev–Trinajstić information content (AvgIpc) is 2.94. The minimum absolute atomic E-state index is 0.285. The third-order valence-electron chi connectivity index (χ3n) is 4.13. The molecule has 5 heteroatoms. The normalized spacial score (nSPS) is 31.7. The van der Waals surface area contributed by atoms with Gasteiger partial charge in [-0.3, -0.25) is 0 Å². The molecule has 0 heterocycles. The molecule has 17 heavy (non-hydrogen) atoms. The van der Waals surface area contributed by atoms with Gasteiger partial charge >= 0.3 is 0 Å². The summed E-state index contributed by atoms with van der Waals surface area (Å²) in [7, 11) is 0. The number of thioether (sulfide) groups is 1. The Balaban J connectivity index is 1.72. The van der Waals surface area contributed by atoms with Crippen molar-refractivity contribution in [3.63, 3.8) is 0 Å². The number of oxime groups is 1. The van der Waals surface area contributed by atoms with E-state index >= 15 is 0 Å². The van der Waals surface area contributed by atoms with Crippen LogP contribution in [-0.4, -0.2) is 35.1 Å². The number of nitrogens with one attached hydrogen (secondary N) is 1. The Bertz CT molecular complexity index is 291. The van der Waals surface area contributed by atoms with Gasteiger partial charge in [0.15, 0.2) is 0 Å². The maximum atomic E-state index is 8.61. The fourth-order valence-electron chi connectivity index (χ4n) is 2.71. The van der Waals surface area contributed by atoms with Crippen molar-refractivity contribution in [2.45, 2.75) is 49.8 Å². The molecule has 98 valence electrons. The molecule has 0 bridgehead atoms. The lowest BCUT2D eigenvalue weighted by molar-refractivity contribution is 0.313. The maximum Gasteiger partial charge on any atom is 0.139 e. The lowest BCUT2D eigenvalue weighted by Gasteiger charge is -2.19. The number of amidine groups is 1. The molecule has 2 unspecified atom stereocenters. The summed E-state index contributed by atoms with van der Waals surface area (Å²) in [6, 6.07) is 0.678. The summed E-state index contributed by atoms with van der Waals surface area (Å²) in [5.41, 5.74) is 5.88. The van der Waals surface area contributed by atoms with E-state index in [1.807, 2.05) is 11.8 Å². The molecule has 0 aliphatic heterocycles. The summed E-state index contributed by atoms with van der Waals surface area (Å²) in [5.74, 6) is 0.373. The van der Waals surface area contributed by atoms with Crippen molar-refractivity contribution in [3.8, 4) is 0 Å². The Morgan fingerprint density at radius 3 is 2.82 bits per heavy atom. The molecule has 2 aliphatic rings. The lowest BCUT2D eigenvalue weighted by Crippen LogP contribution is -2.34. The SMILES string of the molecule is CSC1CCC(NCC2(CC(N)=NO)CC2)C1. The monoisotopic (exact) mass is 257 g/mol. The third-order valence-corrected chi connectivity index (χ3v) is 5.22. The van der Waals surface area contributed by atoms with E-state index in [1.54, 1.807) is 0 Å². The highest BCUT2D eigenvalue weighted by Gasteiger charge is 2.43. The molecule has 4 nitrogen and oxygen atoms in total. The topological polar surface area (TPSA) is 70.6 Å². The molecule has 2 fully saturated rings. The summed E-state index contributed by atoms with van der Waals surface area (Å²) in [6.45, 7) is 1.02. The van der Waals surface area contributed by atoms with E-state index in [9.17, 15) is 0 Å². The summed E-state index contributed by atoms with van der Waals surface area (Å²) >= 11 is 1.99. The van der Waals surface area contributed by atoms with Crippen molar-refractivity contribution in [2.24, 2.45) is 16.3 Å². The van der Waals surface area contributed by atoms with Gasteiger partial charge in [-0.1, -0.05) is 5.16 Å². The van der Waals surface area contributed by atoms with Gasteiger partial charge in [0.25, 0.3) is 0 Å². The third kappa shape index (κ3) is 3.52. The molecular weight excluding hydrogens is 234 g/mol. The van der Waals surface area contributed by atoms with Crippen LogP contribution in [0.4, 0.5) is 0 Å². The van der Waals surface area contributed by atoms with Crippen LogP contribution in [0.5, 0.6) is 0 Å². The van der Waals surface area contributed by atoms with Crippen molar-refractivity contribution in [2.75, 3.05) is 12.8 Å². The zero-order chi connectivity index (χ0) is 12.3. The van der Waals surface area contributed by atoms with Crippen LogP contribution in [0.1, 0.15) is 38.5 Å². The van der Waals surface area contributed by atoms with E-state index in [0.717, 1.165) is 18.2 Å². The van der Waals surface area contributed by atoms with Gasteiger partial charge in [0.05, 0.1) is 0 Å².